The molecular formula is C13H21F2N3O2S. The first-order valence-corrected chi connectivity index (χ1v) is 8.19. The van der Waals surface area contributed by atoms with Crippen molar-refractivity contribution in [3.05, 3.63) is 23.8 Å². The number of nitrogens with two attached hydrogens (primary N) is 1. The number of sulfonamides is 1. The standard InChI is InChI=1S/C13H21F2N3O2S/c1-4-18(5-2)8-9(3)17-21(19,20)11-7-6-10(14)13(16)12(11)15/h6-7,9,17H,4-5,8,16H2,1-3H3. The van der Waals surface area contributed by atoms with E-state index in [1.54, 1.807) is 6.92 Å². The van der Waals surface area contributed by atoms with E-state index in [0.717, 1.165) is 25.2 Å². The van der Waals surface area contributed by atoms with E-state index >= 15 is 0 Å². The van der Waals surface area contributed by atoms with Crippen molar-refractivity contribution in [3.63, 3.8) is 0 Å². The SMILES string of the molecule is CCN(CC)CC(C)NS(=O)(=O)c1ccc(F)c(N)c1F. The smallest absolute Gasteiger partial charge is 0.243 e. The Labute approximate surface area is 124 Å². The predicted molar refractivity (Wildman–Crippen MR) is 78.3 cm³/mol. The van der Waals surface area contributed by atoms with Crippen LogP contribution in [-0.4, -0.2) is 39.0 Å². The first kappa shape index (κ1) is 17.8. The predicted octanol–water partition coefficient (Wildman–Crippen LogP) is 1.56. The van der Waals surface area contributed by atoms with Crippen molar-refractivity contribution in [1.29, 1.82) is 0 Å². The lowest BCUT2D eigenvalue weighted by Crippen LogP contribution is -2.42. The maximum Gasteiger partial charge on any atom is 0.243 e. The molecule has 1 aromatic carbocycles. The maximum atomic E-state index is 13.8. The molecule has 0 aliphatic carbocycles. The van der Waals surface area contributed by atoms with Gasteiger partial charge in [0, 0.05) is 12.6 Å². The van der Waals surface area contributed by atoms with Crippen LogP contribution in [0.5, 0.6) is 0 Å². The van der Waals surface area contributed by atoms with Gasteiger partial charge in [-0.3, -0.25) is 0 Å². The average molecular weight is 321 g/mol. The van der Waals surface area contributed by atoms with E-state index in [4.69, 9.17) is 5.73 Å². The molecule has 120 valence electrons. The van der Waals surface area contributed by atoms with Crippen molar-refractivity contribution >= 4 is 15.7 Å². The summed E-state index contributed by atoms with van der Waals surface area (Å²) in [6.45, 7) is 7.65. The summed E-state index contributed by atoms with van der Waals surface area (Å²) >= 11 is 0. The molecule has 1 rings (SSSR count). The Hall–Kier alpha value is -1.25. The number of nitrogens with one attached hydrogen (secondary N) is 1. The molecular weight excluding hydrogens is 300 g/mol. The largest absolute Gasteiger partial charge is 0.394 e. The van der Waals surface area contributed by atoms with Gasteiger partial charge in [0.05, 0.1) is 0 Å². The minimum Gasteiger partial charge on any atom is -0.394 e. The number of likely N-dealkylation sites (N-methyl/N-ethyl adjacent to an activating group) is 1. The van der Waals surface area contributed by atoms with Crippen LogP contribution in [0.3, 0.4) is 0 Å². The first-order valence-electron chi connectivity index (χ1n) is 6.71. The molecule has 0 radical (unpaired) electrons. The van der Waals surface area contributed by atoms with Gasteiger partial charge in [0.2, 0.25) is 10.0 Å². The van der Waals surface area contributed by atoms with Crippen molar-refractivity contribution in [2.75, 3.05) is 25.4 Å². The number of nitrogen functional groups attached to an aromatic ring is 1. The number of anilines is 1. The lowest BCUT2D eigenvalue weighted by molar-refractivity contribution is 0.282. The quantitative estimate of drug-likeness (QED) is 0.747. The third-order valence-electron chi connectivity index (χ3n) is 3.16. The molecule has 0 saturated heterocycles. The molecule has 21 heavy (non-hydrogen) atoms. The summed E-state index contributed by atoms with van der Waals surface area (Å²) in [6.07, 6.45) is 0. The highest BCUT2D eigenvalue weighted by Crippen LogP contribution is 2.22. The number of nitrogens with zero attached hydrogens (tertiary/aromatic N) is 1. The Balaban J connectivity index is 2.95. The van der Waals surface area contributed by atoms with E-state index in [-0.39, 0.29) is 0 Å². The Kier molecular flexibility index (Phi) is 6.06. The van der Waals surface area contributed by atoms with Crippen molar-refractivity contribution < 1.29 is 17.2 Å². The number of benzene rings is 1. The fourth-order valence-electron chi connectivity index (χ4n) is 1.99. The van der Waals surface area contributed by atoms with Gasteiger partial charge in [0.15, 0.2) is 5.82 Å². The van der Waals surface area contributed by atoms with Gasteiger partial charge in [-0.05, 0) is 32.1 Å². The van der Waals surface area contributed by atoms with Gasteiger partial charge in [0.25, 0.3) is 0 Å². The normalized spacial score (nSPS) is 13.6. The summed E-state index contributed by atoms with van der Waals surface area (Å²) < 4.78 is 53.5. The van der Waals surface area contributed by atoms with E-state index in [1.165, 1.54) is 0 Å². The molecule has 0 aliphatic heterocycles. The number of hydrogen-bond donors (Lipinski definition) is 2. The summed E-state index contributed by atoms with van der Waals surface area (Å²) in [5, 5.41) is 0. The van der Waals surface area contributed by atoms with Crippen LogP contribution >= 0.6 is 0 Å². The second-order valence-corrected chi connectivity index (χ2v) is 6.46. The summed E-state index contributed by atoms with van der Waals surface area (Å²) in [7, 11) is -4.09. The van der Waals surface area contributed by atoms with E-state index in [0.29, 0.717) is 6.54 Å². The van der Waals surface area contributed by atoms with Crippen LogP contribution in [0.2, 0.25) is 0 Å². The van der Waals surface area contributed by atoms with E-state index in [2.05, 4.69) is 4.72 Å². The second kappa shape index (κ2) is 7.15. The lowest BCUT2D eigenvalue weighted by Gasteiger charge is -2.23. The molecule has 0 fully saturated rings. The van der Waals surface area contributed by atoms with Crippen LogP contribution in [0, 0.1) is 11.6 Å². The molecule has 1 aromatic rings. The molecule has 5 nitrogen and oxygen atoms in total. The number of halogens is 2. The average Bonchev–Trinajstić information content (AvgIpc) is 2.41. The minimum atomic E-state index is -4.09. The first-order chi connectivity index (χ1) is 9.72. The molecule has 3 N–H and O–H groups in total. The third-order valence-corrected chi connectivity index (χ3v) is 4.77. The molecule has 1 unspecified atom stereocenters. The molecule has 0 saturated carbocycles. The number of rotatable bonds is 7. The maximum absolute atomic E-state index is 13.8. The third kappa shape index (κ3) is 4.36. The highest BCUT2D eigenvalue weighted by atomic mass is 32.2. The molecule has 8 heteroatoms. The molecule has 0 aromatic heterocycles. The van der Waals surface area contributed by atoms with Crippen molar-refractivity contribution in [2.24, 2.45) is 0 Å². The zero-order chi connectivity index (χ0) is 16.2. The van der Waals surface area contributed by atoms with Crippen LogP contribution in [0.25, 0.3) is 0 Å². The van der Waals surface area contributed by atoms with Gasteiger partial charge in [-0.25, -0.2) is 21.9 Å². The molecule has 0 aliphatic rings. The van der Waals surface area contributed by atoms with Gasteiger partial charge in [-0.1, -0.05) is 13.8 Å². The van der Waals surface area contributed by atoms with Crippen LogP contribution in [-0.2, 0) is 10.0 Å². The van der Waals surface area contributed by atoms with Gasteiger partial charge in [0.1, 0.15) is 16.4 Å². The van der Waals surface area contributed by atoms with Crippen molar-refractivity contribution in [3.8, 4) is 0 Å². The van der Waals surface area contributed by atoms with Crippen LogP contribution in [0.4, 0.5) is 14.5 Å². The lowest BCUT2D eigenvalue weighted by atomic mass is 10.3. The van der Waals surface area contributed by atoms with Gasteiger partial charge >= 0.3 is 0 Å². The zero-order valence-electron chi connectivity index (χ0n) is 12.4. The van der Waals surface area contributed by atoms with Gasteiger partial charge < -0.3 is 10.6 Å². The Morgan fingerprint density at radius 1 is 1.29 bits per heavy atom. The van der Waals surface area contributed by atoms with Crippen LogP contribution < -0.4 is 10.5 Å². The van der Waals surface area contributed by atoms with Crippen LogP contribution in [0.15, 0.2) is 17.0 Å². The highest BCUT2D eigenvalue weighted by molar-refractivity contribution is 7.89. The topological polar surface area (TPSA) is 75.4 Å². The number of hydrogen-bond acceptors (Lipinski definition) is 4. The summed E-state index contributed by atoms with van der Waals surface area (Å²) in [5.74, 6) is -2.25. The van der Waals surface area contributed by atoms with Crippen molar-refractivity contribution in [1.82, 2.24) is 9.62 Å². The monoisotopic (exact) mass is 321 g/mol. The fraction of sp³-hybridized carbons (Fsp3) is 0.538. The molecule has 0 bridgehead atoms. The summed E-state index contributed by atoms with van der Waals surface area (Å²) in [6, 6.07) is 1.29. The summed E-state index contributed by atoms with van der Waals surface area (Å²) in [4.78, 5) is 1.38. The Bertz CT molecular complexity index is 589. The molecule has 1 atom stereocenters. The summed E-state index contributed by atoms with van der Waals surface area (Å²) in [5.41, 5.74) is 4.39. The minimum absolute atomic E-state index is 0.416. The van der Waals surface area contributed by atoms with E-state index in [9.17, 15) is 17.2 Å². The Morgan fingerprint density at radius 2 is 1.86 bits per heavy atom. The van der Waals surface area contributed by atoms with Crippen molar-refractivity contribution in [2.45, 2.75) is 31.7 Å². The highest BCUT2D eigenvalue weighted by Gasteiger charge is 2.24. The second-order valence-electron chi connectivity index (χ2n) is 4.78. The van der Waals surface area contributed by atoms with Crippen LogP contribution in [0.1, 0.15) is 20.8 Å². The van der Waals surface area contributed by atoms with E-state index in [1.807, 2.05) is 18.7 Å². The fourth-order valence-corrected chi connectivity index (χ4v) is 3.32. The molecule has 0 spiro atoms. The van der Waals surface area contributed by atoms with E-state index < -0.39 is 38.3 Å². The molecule has 0 heterocycles. The van der Waals surface area contributed by atoms with Gasteiger partial charge in [-0.15, -0.1) is 0 Å². The van der Waals surface area contributed by atoms with Gasteiger partial charge in [-0.2, -0.15) is 0 Å². The Morgan fingerprint density at radius 3 is 2.38 bits per heavy atom. The zero-order valence-corrected chi connectivity index (χ0v) is 13.2. The molecule has 0 amide bonds.